The summed E-state index contributed by atoms with van der Waals surface area (Å²) in [5.74, 6) is -1.39. The molecule has 0 saturated heterocycles. The SMILES string of the molecule is COc1ccc(COC(=O)[C@@H](Cc2ccccc2)NC(=O)c2ccccc2)cc1F. The Balaban J connectivity index is 1.70. The number of nitrogens with one attached hydrogen (secondary N) is 1. The van der Waals surface area contributed by atoms with Crippen molar-refractivity contribution in [2.45, 2.75) is 19.1 Å². The number of hydrogen-bond acceptors (Lipinski definition) is 4. The van der Waals surface area contributed by atoms with Crippen LogP contribution in [-0.4, -0.2) is 25.0 Å². The lowest BCUT2D eigenvalue weighted by Gasteiger charge is -2.18. The van der Waals surface area contributed by atoms with E-state index < -0.39 is 17.8 Å². The largest absolute Gasteiger partial charge is 0.494 e. The van der Waals surface area contributed by atoms with Crippen molar-refractivity contribution in [3.05, 3.63) is 101 Å². The van der Waals surface area contributed by atoms with Gasteiger partial charge < -0.3 is 14.8 Å². The van der Waals surface area contributed by atoms with Gasteiger partial charge in [0.1, 0.15) is 12.6 Å². The van der Waals surface area contributed by atoms with Gasteiger partial charge in [0.25, 0.3) is 5.91 Å². The molecule has 154 valence electrons. The van der Waals surface area contributed by atoms with Crippen molar-refractivity contribution in [1.82, 2.24) is 5.32 Å². The predicted molar refractivity (Wildman–Crippen MR) is 111 cm³/mol. The van der Waals surface area contributed by atoms with Crippen molar-refractivity contribution in [3.8, 4) is 5.75 Å². The first-order chi connectivity index (χ1) is 14.6. The summed E-state index contributed by atoms with van der Waals surface area (Å²) in [5, 5.41) is 2.74. The molecule has 5 nitrogen and oxygen atoms in total. The molecule has 30 heavy (non-hydrogen) atoms. The van der Waals surface area contributed by atoms with Crippen molar-refractivity contribution < 1.29 is 23.5 Å². The fraction of sp³-hybridized carbons (Fsp3) is 0.167. The molecular formula is C24H22FNO4. The molecule has 1 amide bonds. The minimum Gasteiger partial charge on any atom is -0.494 e. The zero-order chi connectivity index (χ0) is 21.3. The van der Waals surface area contributed by atoms with Gasteiger partial charge in [0.05, 0.1) is 7.11 Å². The molecule has 0 spiro atoms. The number of halogens is 1. The summed E-state index contributed by atoms with van der Waals surface area (Å²) in [7, 11) is 1.38. The van der Waals surface area contributed by atoms with Gasteiger partial charge in [0.2, 0.25) is 0 Å². The Morgan fingerprint density at radius 2 is 1.60 bits per heavy atom. The Labute approximate surface area is 174 Å². The van der Waals surface area contributed by atoms with Crippen molar-refractivity contribution >= 4 is 11.9 Å². The molecule has 0 aliphatic rings. The summed E-state index contributed by atoms with van der Waals surface area (Å²) in [4.78, 5) is 25.3. The van der Waals surface area contributed by atoms with Crippen LogP contribution < -0.4 is 10.1 Å². The summed E-state index contributed by atoms with van der Waals surface area (Å²) in [6, 6.07) is 21.4. The molecule has 6 heteroatoms. The third kappa shape index (κ3) is 5.67. The highest BCUT2D eigenvalue weighted by molar-refractivity contribution is 5.96. The first kappa shape index (κ1) is 21.0. The van der Waals surface area contributed by atoms with Crippen LogP contribution in [0.4, 0.5) is 4.39 Å². The summed E-state index contributed by atoms with van der Waals surface area (Å²) < 4.78 is 24.1. The van der Waals surface area contributed by atoms with Gasteiger partial charge in [-0.2, -0.15) is 0 Å². The zero-order valence-corrected chi connectivity index (χ0v) is 16.5. The average molecular weight is 407 g/mol. The van der Waals surface area contributed by atoms with Gasteiger partial charge in [-0.25, -0.2) is 9.18 Å². The fourth-order valence-corrected chi connectivity index (χ4v) is 2.93. The Morgan fingerprint density at radius 1 is 0.933 bits per heavy atom. The van der Waals surface area contributed by atoms with E-state index in [4.69, 9.17) is 9.47 Å². The number of amides is 1. The maximum Gasteiger partial charge on any atom is 0.329 e. The van der Waals surface area contributed by atoms with Crippen LogP contribution in [0.5, 0.6) is 5.75 Å². The average Bonchev–Trinajstić information content (AvgIpc) is 2.78. The Morgan fingerprint density at radius 3 is 2.23 bits per heavy atom. The molecule has 0 saturated carbocycles. The molecule has 0 radical (unpaired) electrons. The lowest BCUT2D eigenvalue weighted by Crippen LogP contribution is -2.43. The Kier molecular flexibility index (Phi) is 7.16. The molecule has 0 aliphatic heterocycles. The number of carbonyl (C=O) groups is 2. The lowest BCUT2D eigenvalue weighted by atomic mass is 10.1. The number of esters is 1. The van der Waals surface area contributed by atoms with Crippen molar-refractivity contribution in [1.29, 1.82) is 0 Å². The van der Waals surface area contributed by atoms with E-state index in [1.54, 1.807) is 36.4 Å². The molecule has 1 atom stereocenters. The van der Waals surface area contributed by atoms with Gasteiger partial charge in [-0.1, -0.05) is 54.6 Å². The molecule has 3 aromatic rings. The minimum absolute atomic E-state index is 0.113. The number of carbonyl (C=O) groups excluding carboxylic acids is 2. The quantitative estimate of drug-likeness (QED) is 0.575. The smallest absolute Gasteiger partial charge is 0.329 e. The van der Waals surface area contributed by atoms with Crippen LogP contribution in [0.2, 0.25) is 0 Å². The minimum atomic E-state index is -0.886. The van der Waals surface area contributed by atoms with E-state index in [9.17, 15) is 14.0 Å². The molecule has 0 aromatic heterocycles. The number of methoxy groups -OCH3 is 1. The molecule has 3 rings (SSSR count). The number of rotatable bonds is 8. The van der Waals surface area contributed by atoms with E-state index >= 15 is 0 Å². The molecule has 1 N–H and O–H groups in total. The van der Waals surface area contributed by atoms with Crippen LogP contribution in [0.1, 0.15) is 21.5 Å². The van der Waals surface area contributed by atoms with E-state index in [1.165, 1.54) is 19.2 Å². The van der Waals surface area contributed by atoms with Crippen LogP contribution >= 0.6 is 0 Å². The number of hydrogen-bond donors (Lipinski definition) is 1. The van der Waals surface area contributed by atoms with Gasteiger partial charge in [0, 0.05) is 12.0 Å². The molecule has 3 aromatic carbocycles. The van der Waals surface area contributed by atoms with E-state index in [0.717, 1.165) is 5.56 Å². The zero-order valence-electron chi connectivity index (χ0n) is 16.5. The highest BCUT2D eigenvalue weighted by Gasteiger charge is 2.23. The lowest BCUT2D eigenvalue weighted by molar-refractivity contribution is -0.147. The topological polar surface area (TPSA) is 64.6 Å². The fourth-order valence-electron chi connectivity index (χ4n) is 2.93. The maximum absolute atomic E-state index is 13.9. The maximum atomic E-state index is 13.9. The highest BCUT2D eigenvalue weighted by atomic mass is 19.1. The van der Waals surface area contributed by atoms with E-state index in [1.807, 2.05) is 30.3 Å². The van der Waals surface area contributed by atoms with Gasteiger partial charge in [-0.15, -0.1) is 0 Å². The van der Waals surface area contributed by atoms with E-state index in [0.29, 0.717) is 11.1 Å². The van der Waals surface area contributed by atoms with Gasteiger partial charge in [-0.3, -0.25) is 4.79 Å². The standard InChI is InChI=1S/C24H22FNO4/c1-29-22-13-12-18(14-20(22)25)16-30-24(28)21(15-17-8-4-2-5-9-17)26-23(27)19-10-6-3-7-11-19/h2-14,21H,15-16H2,1H3,(H,26,27)/t21-/m1/s1. The highest BCUT2D eigenvalue weighted by Crippen LogP contribution is 2.18. The molecule has 0 heterocycles. The number of benzene rings is 3. The van der Waals surface area contributed by atoms with Crippen LogP contribution in [0.25, 0.3) is 0 Å². The van der Waals surface area contributed by atoms with Crippen LogP contribution in [0.3, 0.4) is 0 Å². The third-order valence-electron chi connectivity index (χ3n) is 4.51. The summed E-state index contributed by atoms with van der Waals surface area (Å²) in [6.45, 7) is -0.119. The molecule has 0 unspecified atom stereocenters. The molecule has 0 fully saturated rings. The third-order valence-corrected chi connectivity index (χ3v) is 4.51. The van der Waals surface area contributed by atoms with Crippen LogP contribution in [-0.2, 0) is 22.6 Å². The predicted octanol–water partition coefficient (Wildman–Crippen LogP) is 3.92. The van der Waals surface area contributed by atoms with Crippen molar-refractivity contribution in [3.63, 3.8) is 0 Å². The van der Waals surface area contributed by atoms with Gasteiger partial charge in [-0.05, 0) is 35.4 Å². The number of ether oxygens (including phenoxy) is 2. The van der Waals surface area contributed by atoms with E-state index in [2.05, 4.69) is 5.32 Å². The molecule has 0 aliphatic carbocycles. The van der Waals surface area contributed by atoms with Crippen molar-refractivity contribution in [2.75, 3.05) is 7.11 Å². The second-order valence-corrected chi connectivity index (χ2v) is 6.66. The summed E-state index contributed by atoms with van der Waals surface area (Å²) in [6.07, 6.45) is 0.273. The van der Waals surface area contributed by atoms with E-state index in [-0.39, 0.29) is 24.7 Å². The Bertz CT molecular complexity index is 993. The van der Waals surface area contributed by atoms with Crippen LogP contribution in [0.15, 0.2) is 78.9 Å². The van der Waals surface area contributed by atoms with Crippen molar-refractivity contribution in [2.24, 2.45) is 0 Å². The molecular weight excluding hydrogens is 385 g/mol. The Hall–Kier alpha value is -3.67. The van der Waals surface area contributed by atoms with Crippen LogP contribution in [0, 0.1) is 5.82 Å². The summed E-state index contributed by atoms with van der Waals surface area (Å²) in [5.41, 5.74) is 1.80. The normalized spacial score (nSPS) is 11.4. The second-order valence-electron chi connectivity index (χ2n) is 6.66. The first-order valence-electron chi connectivity index (χ1n) is 9.45. The molecule has 0 bridgehead atoms. The van der Waals surface area contributed by atoms with Gasteiger partial charge in [0.15, 0.2) is 11.6 Å². The first-order valence-corrected chi connectivity index (χ1v) is 9.45. The second kappa shape index (κ2) is 10.2. The monoisotopic (exact) mass is 407 g/mol. The van der Waals surface area contributed by atoms with Gasteiger partial charge >= 0.3 is 5.97 Å². The summed E-state index contributed by atoms with van der Waals surface area (Å²) >= 11 is 0.